The number of aliphatic hydroxyl groups excluding tert-OH is 2. The van der Waals surface area contributed by atoms with E-state index < -0.39 is 11.9 Å². The van der Waals surface area contributed by atoms with Gasteiger partial charge in [-0.3, -0.25) is 9.59 Å². The summed E-state index contributed by atoms with van der Waals surface area (Å²) in [6.45, 7) is 4.41. The Morgan fingerprint density at radius 3 is 1.13 bits per heavy atom. The average molecular weight is 336 g/mol. The number of carbonyl (C=O) groups is 2. The summed E-state index contributed by atoms with van der Waals surface area (Å²) in [5.41, 5.74) is 0. The van der Waals surface area contributed by atoms with Crippen molar-refractivity contribution in [2.45, 2.75) is 84.5 Å². The first-order valence-corrected chi connectivity index (χ1v) is 8.61. The molecule has 0 radical (unpaired) electrons. The standard InChI is InChI=1S/2C7H14O2.C3H8O2/c2*1-2-3-4-5-6-7(8)9;4-2-1-3-5/h2*2-6H2,1H3,(H,8,9);4-5H,1-3H2. The van der Waals surface area contributed by atoms with E-state index in [1.54, 1.807) is 0 Å². The SMILES string of the molecule is CCCCCCC(=O)O.CCCCCCC(=O)O.OCCCO. The zero-order valence-electron chi connectivity index (χ0n) is 14.8. The van der Waals surface area contributed by atoms with Crippen LogP contribution in [0.4, 0.5) is 0 Å². The summed E-state index contributed by atoms with van der Waals surface area (Å²) in [6.07, 6.45) is 9.61. The topological polar surface area (TPSA) is 115 Å². The van der Waals surface area contributed by atoms with Crippen LogP contribution in [0.25, 0.3) is 0 Å². The molecule has 0 saturated carbocycles. The van der Waals surface area contributed by atoms with Gasteiger partial charge in [0.2, 0.25) is 0 Å². The molecule has 0 amide bonds. The maximum Gasteiger partial charge on any atom is 0.303 e. The number of rotatable bonds is 12. The van der Waals surface area contributed by atoms with Gasteiger partial charge in [0.1, 0.15) is 0 Å². The third-order valence-electron chi connectivity index (χ3n) is 2.80. The number of aliphatic carboxylic acids is 2. The predicted octanol–water partition coefficient (Wildman–Crippen LogP) is 3.44. The molecule has 0 aliphatic carbocycles. The second kappa shape index (κ2) is 25.8. The molecule has 4 N–H and O–H groups in total. The van der Waals surface area contributed by atoms with Gasteiger partial charge in [0.15, 0.2) is 0 Å². The lowest BCUT2D eigenvalue weighted by molar-refractivity contribution is -0.138. The molecule has 6 nitrogen and oxygen atoms in total. The minimum Gasteiger partial charge on any atom is -0.481 e. The van der Waals surface area contributed by atoms with E-state index in [4.69, 9.17) is 20.4 Å². The molecule has 0 aliphatic rings. The minimum atomic E-state index is -0.675. The summed E-state index contributed by atoms with van der Waals surface area (Å²) in [4.78, 5) is 19.9. The van der Waals surface area contributed by atoms with Crippen LogP contribution in [0.1, 0.15) is 84.5 Å². The predicted molar refractivity (Wildman–Crippen MR) is 91.6 cm³/mol. The smallest absolute Gasteiger partial charge is 0.303 e. The van der Waals surface area contributed by atoms with Crippen LogP contribution in [0.15, 0.2) is 0 Å². The van der Waals surface area contributed by atoms with Crippen LogP contribution in [0.3, 0.4) is 0 Å². The molecular formula is C17H36O6. The van der Waals surface area contributed by atoms with Gasteiger partial charge in [-0.25, -0.2) is 0 Å². The lowest BCUT2D eigenvalue weighted by Crippen LogP contribution is -1.92. The first-order valence-electron chi connectivity index (χ1n) is 8.61. The average Bonchev–Trinajstić information content (AvgIpc) is 2.50. The number of unbranched alkanes of at least 4 members (excludes halogenated alkanes) is 6. The van der Waals surface area contributed by atoms with E-state index in [2.05, 4.69) is 13.8 Å². The largest absolute Gasteiger partial charge is 0.481 e. The Morgan fingerprint density at radius 1 is 0.609 bits per heavy atom. The third-order valence-corrected chi connectivity index (χ3v) is 2.80. The second-order valence-corrected chi connectivity index (χ2v) is 5.21. The maximum atomic E-state index is 9.96. The maximum absolute atomic E-state index is 9.96. The van der Waals surface area contributed by atoms with Crippen LogP contribution in [-0.2, 0) is 9.59 Å². The lowest BCUT2D eigenvalue weighted by Gasteiger charge is -1.92. The van der Waals surface area contributed by atoms with Crippen molar-refractivity contribution in [2.75, 3.05) is 13.2 Å². The normalized spacial score (nSPS) is 9.22. The zero-order valence-corrected chi connectivity index (χ0v) is 14.8. The Kier molecular flexibility index (Phi) is 30.0. The Hall–Kier alpha value is -1.14. The molecule has 0 spiro atoms. The van der Waals surface area contributed by atoms with Gasteiger partial charge in [-0.05, 0) is 19.3 Å². The number of aliphatic hydroxyl groups is 2. The lowest BCUT2D eigenvalue weighted by atomic mass is 10.2. The van der Waals surface area contributed by atoms with Crippen LogP contribution in [0.2, 0.25) is 0 Å². The molecule has 23 heavy (non-hydrogen) atoms. The van der Waals surface area contributed by atoms with Crippen LogP contribution in [0, 0.1) is 0 Å². The monoisotopic (exact) mass is 336 g/mol. The van der Waals surface area contributed by atoms with Gasteiger partial charge < -0.3 is 20.4 Å². The molecule has 0 fully saturated rings. The van der Waals surface area contributed by atoms with Gasteiger partial charge in [0.25, 0.3) is 0 Å². The zero-order chi connectivity index (χ0) is 18.3. The van der Waals surface area contributed by atoms with Crippen LogP contribution >= 0.6 is 0 Å². The fraction of sp³-hybridized carbons (Fsp3) is 0.882. The molecule has 0 aromatic rings. The molecule has 0 aromatic carbocycles. The highest BCUT2D eigenvalue weighted by molar-refractivity contribution is 5.66. The molecule has 6 heteroatoms. The highest BCUT2D eigenvalue weighted by Crippen LogP contribution is 2.01. The summed E-state index contributed by atoms with van der Waals surface area (Å²) < 4.78 is 0. The van der Waals surface area contributed by atoms with Gasteiger partial charge in [-0.1, -0.05) is 52.4 Å². The van der Waals surface area contributed by atoms with Crippen molar-refractivity contribution < 1.29 is 30.0 Å². The molecule has 0 aliphatic heterocycles. The Bertz CT molecular complexity index is 219. The summed E-state index contributed by atoms with van der Waals surface area (Å²) in [5, 5.41) is 32.2. The molecule has 0 unspecified atom stereocenters. The van der Waals surface area contributed by atoms with Crippen molar-refractivity contribution in [2.24, 2.45) is 0 Å². The number of carboxylic acids is 2. The third kappa shape index (κ3) is 44.9. The Morgan fingerprint density at radius 2 is 0.957 bits per heavy atom. The molecule has 0 saturated heterocycles. The second-order valence-electron chi connectivity index (χ2n) is 5.21. The van der Waals surface area contributed by atoms with Gasteiger partial charge in [0.05, 0.1) is 0 Å². The Labute approximate surface area is 140 Å². The van der Waals surface area contributed by atoms with Gasteiger partial charge in [0, 0.05) is 26.1 Å². The first kappa shape index (κ1) is 26.7. The van der Waals surface area contributed by atoms with Crippen LogP contribution < -0.4 is 0 Å². The fourth-order valence-electron chi connectivity index (χ4n) is 1.48. The molecule has 0 aromatic heterocycles. The first-order chi connectivity index (χ1) is 11.0. The van der Waals surface area contributed by atoms with E-state index in [0.717, 1.165) is 38.5 Å². The summed E-state index contributed by atoms with van der Waals surface area (Å²) >= 11 is 0. The van der Waals surface area contributed by atoms with E-state index >= 15 is 0 Å². The van der Waals surface area contributed by atoms with Crippen molar-refractivity contribution in [1.29, 1.82) is 0 Å². The Balaban J connectivity index is -0.000000273. The molecule has 0 atom stereocenters. The molecule has 0 rings (SSSR count). The molecule has 0 bridgehead atoms. The van der Waals surface area contributed by atoms with Crippen molar-refractivity contribution >= 4 is 11.9 Å². The highest BCUT2D eigenvalue weighted by atomic mass is 16.4. The molecule has 0 heterocycles. The quantitative estimate of drug-likeness (QED) is 0.406. The highest BCUT2D eigenvalue weighted by Gasteiger charge is 1.94. The van der Waals surface area contributed by atoms with Crippen molar-refractivity contribution in [3.8, 4) is 0 Å². The molecular weight excluding hydrogens is 300 g/mol. The van der Waals surface area contributed by atoms with E-state index in [-0.39, 0.29) is 13.2 Å². The minimum absolute atomic E-state index is 0.0938. The van der Waals surface area contributed by atoms with E-state index in [9.17, 15) is 9.59 Å². The van der Waals surface area contributed by atoms with Crippen molar-refractivity contribution in [3.63, 3.8) is 0 Å². The number of hydrogen-bond donors (Lipinski definition) is 4. The van der Waals surface area contributed by atoms with Crippen molar-refractivity contribution in [1.82, 2.24) is 0 Å². The van der Waals surface area contributed by atoms with Gasteiger partial charge >= 0.3 is 11.9 Å². The van der Waals surface area contributed by atoms with Crippen molar-refractivity contribution in [3.05, 3.63) is 0 Å². The summed E-state index contributed by atoms with van der Waals surface area (Å²) in [6, 6.07) is 0. The molecule has 140 valence electrons. The van der Waals surface area contributed by atoms with Crippen LogP contribution in [-0.4, -0.2) is 45.6 Å². The van der Waals surface area contributed by atoms with Crippen LogP contribution in [0.5, 0.6) is 0 Å². The van der Waals surface area contributed by atoms with E-state index in [0.29, 0.717) is 19.3 Å². The summed E-state index contributed by atoms with van der Waals surface area (Å²) in [7, 11) is 0. The fourth-order valence-corrected chi connectivity index (χ4v) is 1.48. The van der Waals surface area contributed by atoms with E-state index in [1.165, 1.54) is 12.8 Å². The van der Waals surface area contributed by atoms with Gasteiger partial charge in [-0.15, -0.1) is 0 Å². The summed E-state index contributed by atoms with van der Waals surface area (Å²) in [5.74, 6) is -1.35. The number of carboxylic acid groups (broad SMARTS) is 2. The number of hydrogen-bond acceptors (Lipinski definition) is 4. The van der Waals surface area contributed by atoms with E-state index in [1.807, 2.05) is 0 Å². The van der Waals surface area contributed by atoms with Gasteiger partial charge in [-0.2, -0.15) is 0 Å².